The maximum atomic E-state index is 13.2. The lowest BCUT2D eigenvalue weighted by Gasteiger charge is -2.29. The maximum Gasteiger partial charge on any atom is 0.514 e. The highest BCUT2D eigenvalue weighted by Crippen LogP contribution is 2.56. The molecule has 0 atom stereocenters. The SMILES string of the molecule is CCN(CC)CC.Cc1cc(-c2cc(C)cc(C(C)(C)C)c2OP(Cl)Cl)c(OC(=O)OC(C)(C)C)c(C(C)(C)C)c1.Cc1cc(-c2cc(C)cc(C(C)(C)C)c2Op2oc3ccccc3c3ccccc3o2)c(OC(=O)OC(C)(C)C)c(C(C)(C)C)c1.Cc1cc(C)c(O)c(-c2cc(C)cc(C)c2O)c1.IC(I)I. The van der Waals surface area contributed by atoms with Crippen LogP contribution in [0.15, 0.2) is 130 Å². The predicted molar refractivity (Wildman–Crippen MR) is 486 cm³/mol. The average Bonchev–Trinajstić information content (AvgIpc) is 1.01. The molecule has 0 bridgehead atoms. The Morgan fingerprint density at radius 2 is 0.697 bits per heavy atom. The zero-order valence-corrected chi connectivity index (χ0v) is 79.2. The number of phenolic OH excluding ortho intramolecular Hbond substituents is 2. The number of halogens is 5. The fourth-order valence-electron chi connectivity index (χ4n) is 12.1. The van der Waals surface area contributed by atoms with Crippen molar-refractivity contribution in [2.24, 2.45) is 0 Å². The van der Waals surface area contributed by atoms with Gasteiger partial charge in [0.05, 0.1) is 0 Å². The van der Waals surface area contributed by atoms with Crippen LogP contribution in [0.2, 0.25) is 0 Å². The van der Waals surface area contributed by atoms with Crippen LogP contribution < -0.4 is 18.5 Å². The van der Waals surface area contributed by atoms with Gasteiger partial charge in [-0.05, 0) is 254 Å². The van der Waals surface area contributed by atoms with Crippen LogP contribution in [0, 0.1) is 55.4 Å². The number of benzene rings is 8. The van der Waals surface area contributed by atoms with Gasteiger partial charge in [-0.3, -0.25) is 0 Å². The van der Waals surface area contributed by atoms with E-state index in [1.54, 1.807) is 20.8 Å². The fraction of sp³-hybridized carbons (Fsp3) is 0.438. The van der Waals surface area contributed by atoms with Gasteiger partial charge < -0.3 is 51.5 Å². The zero-order chi connectivity index (χ0) is 82.6. The van der Waals surface area contributed by atoms with E-state index in [0.717, 1.165) is 99.7 Å². The lowest BCUT2D eigenvalue weighted by Crippen LogP contribution is -2.27. The number of hydrogen-bond acceptors (Lipinski definition) is 13. The van der Waals surface area contributed by atoms with Crippen LogP contribution in [0.1, 0.15) is 212 Å². The van der Waals surface area contributed by atoms with Gasteiger partial charge in [0.2, 0.25) is 0 Å². The number of aromatic hydroxyl groups is 2. The van der Waals surface area contributed by atoms with Crippen molar-refractivity contribution in [2.75, 3.05) is 19.6 Å². The van der Waals surface area contributed by atoms with Crippen molar-refractivity contribution in [3.8, 4) is 67.9 Å². The van der Waals surface area contributed by atoms with Crippen molar-refractivity contribution in [3.05, 3.63) is 188 Å². The van der Waals surface area contributed by atoms with Crippen molar-refractivity contribution in [3.63, 3.8) is 0 Å². The summed E-state index contributed by atoms with van der Waals surface area (Å²) in [7, 11) is -1.94. The molecule has 8 aromatic carbocycles. The second kappa shape index (κ2) is 39.5. The fourth-order valence-corrected chi connectivity index (χ4v) is 14.0. The minimum absolute atomic E-state index is 0.237. The zero-order valence-electron chi connectivity index (χ0n) is 69.5. The number of alkyl halides is 3. The number of carbonyl (C=O) groups excluding carboxylic acids is 2. The Labute approximate surface area is 703 Å². The maximum absolute atomic E-state index is 13.2. The summed E-state index contributed by atoms with van der Waals surface area (Å²) in [6, 6.07) is 39.9. The molecule has 0 radical (unpaired) electrons. The molecule has 0 fully saturated rings. The Morgan fingerprint density at radius 3 is 0.982 bits per heavy atom. The van der Waals surface area contributed by atoms with Gasteiger partial charge in [0.25, 0.3) is 6.85 Å². The van der Waals surface area contributed by atoms with E-state index >= 15 is 0 Å². The molecule has 9 aromatic rings. The standard InChI is InChI=1S/C39H45O6P.C27H37Cl2O4P.C16H18O2.C6H15N.CHI3/c1-24-20-28(34(30(22-24)37(3,4)5)41-36(40)42-39(9,10)11)29-21-25(2)23-31(38(6,7)8)35(29)45-46-43-32-18-14-12-16-26(32)27-17-13-15-19-33(27)44-46;1-16-12-18(19-13-17(2)15-21(26(6,7)8)23(19)33-34(28)29)22(20(14-16)25(3,4)5)31-24(30)32-27(9,10)11;1-9-5-11(3)15(17)13(7-9)14-8-10(2)6-12(4)16(14)18;1-4-7(5-2)6-3;2-1(3)4/h12-23H,1-11H3;12-15H,1-11H3;5-8,17-18H,1-4H3;4-6H2,1-3H3;1H. The summed E-state index contributed by atoms with van der Waals surface area (Å²) in [6.45, 7) is 60.5. The Kier molecular flexibility index (Phi) is 34.2. The molecule has 0 aliphatic carbocycles. The van der Waals surface area contributed by atoms with Crippen LogP contribution in [0.5, 0.6) is 34.5 Å². The molecule has 13 nitrogen and oxygen atoms in total. The number of phenols is 2. The number of rotatable bonds is 12. The minimum Gasteiger partial charge on any atom is -0.507 e. The molecule has 0 aliphatic heterocycles. The topological polar surface area (TPSA) is 160 Å². The van der Waals surface area contributed by atoms with Crippen molar-refractivity contribution >= 4 is 140 Å². The number of aryl methyl sites for hydroxylation is 8. The summed E-state index contributed by atoms with van der Waals surface area (Å²) in [5.41, 5.74) is 14.8. The number of para-hydroxylation sites is 2. The van der Waals surface area contributed by atoms with Gasteiger partial charge in [-0.25, -0.2) is 9.59 Å². The number of hydrogen-bond donors (Lipinski definition) is 2. The second-order valence-corrected chi connectivity index (χ2v) is 48.3. The Bertz CT molecular complexity index is 4560. The molecule has 1 heterocycles. The van der Waals surface area contributed by atoms with Gasteiger partial charge in [-0.2, -0.15) is 0 Å². The highest BCUT2D eigenvalue weighted by molar-refractivity contribution is 14.3. The number of carbonyl (C=O) groups is 2. The molecule has 1 aromatic heterocycles. The van der Waals surface area contributed by atoms with Crippen LogP contribution in [0.25, 0.3) is 55.3 Å². The van der Waals surface area contributed by atoms with E-state index in [9.17, 15) is 19.8 Å². The van der Waals surface area contributed by atoms with Gasteiger partial charge in [-0.1, -0.05) is 244 Å². The number of fused-ring (bicyclic) bond motifs is 3. The minimum atomic E-state index is -1.94. The van der Waals surface area contributed by atoms with Crippen LogP contribution in [-0.2, 0) is 31.1 Å². The first-order valence-electron chi connectivity index (χ1n) is 36.7. The smallest absolute Gasteiger partial charge is 0.507 e. The number of nitrogens with zero attached hydrogens (tertiary/aromatic N) is 1. The highest BCUT2D eigenvalue weighted by Gasteiger charge is 2.34. The largest absolute Gasteiger partial charge is 0.514 e. The third-order valence-electron chi connectivity index (χ3n) is 17.2. The summed E-state index contributed by atoms with van der Waals surface area (Å²) in [5.74, 6) is 2.56. The van der Waals surface area contributed by atoms with Gasteiger partial charge in [0, 0.05) is 66.4 Å². The molecule has 2 N–H and O–H groups in total. The Morgan fingerprint density at radius 1 is 0.431 bits per heavy atom. The summed E-state index contributed by atoms with van der Waals surface area (Å²) < 4.78 is 49.9. The van der Waals surface area contributed by atoms with Gasteiger partial charge >= 0.3 is 20.6 Å². The molecule has 9 rings (SSSR count). The van der Waals surface area contributed by atoms with E-state index in [4.69, 9.17) is 58.9 Å². The quantitative estimate of drug-likeness (QED) is 0.0392. The van der Waals surface area contributed by atoms with Gasteiger partial charge in [-0.15, -0.1) is 0 Å². The van der Waals surface area contributed by atoms with E-state index in [1.165, 1.54) is 19.6 Å². The summed E-state index contributed by atoms with van der Waals surface area (Å²) in [5, 5.41) is 22.2. The molecular weight excluding hydrogens is 1790 g/mol. The van der Waals surface area contributed by atoms with E-state index in [2.05, 4.69) is 208 Å². The molecule has 0 saturated heterocycles. The molecule has 0 unspecified atom stereocenters. The van der Waals surface area contributed by atoms with Crippen molar-refractivity contribution in [2.45, 2.75) is 234 Å². The molecule has 594 valence electrons. The van der Waals surface area contributed by atoms with E-state index < -0.39 is 38.6 Å². The number of ether oxygens (including phenoxy) is 4. The van der Waals surface area contributed by atoms with Crippen molar-refractivity contribution < 1.29 is 56.2 Å². The Balaban J connectivity index is 0.000000293. The molecular formula is C89H116Cl2I3NO12P2. The summed E-state index contributed by atoms with van der Waals surface area (Å²) in [6.07, 6.45) is -1.52. The van der Waals surface area contributed by atoms with Crippen LogP contribution in [-0.4, -0.2) is 58.2 Å². The summed E-state index contributed by atoms with van der Waals surface area (Å²) in [4.78, 5) is 28.4. The molecule has 0 saturated carbocycles. The molecule has 109 heavy (non-hydrogen) atoms. The molecule has 20 heteroatoms. The van der Waals surface area contributed by atoms with Crippen LogP contribution in [0.3, 0.4) is 0 Å². The second-order valence-electron chi connectivity index (χ2n) is 33.5. The van der Waals surface area contributed by atoms with Crippen LogP contribution >= 0.6 is 105 Å². The first-order chi connectivity index (χ1) is 50.2. The highest BCUT2D eigenvalue weighted by atomic mass is 127. The van der Waals surface area contributed by atoms with E-state index in [0.29, 0.717) is 45.3 Å². The lowest BCUT2D eigenvalue weighted by atomic mass is 9.80. The molecule has 0 amide bonds. The molecule has 0 aliphatic rings. The van der Waals surface area contributed by atoms with E-state index in [-0.39, 0.29) is 33.2 Å². The van der Waals surface area contributed by atoms with Gasteiger partial charge in [0.15, 0.2) is 0 Å². The van der Waals surface area contributed by atoms with Gasteiger partial charge in [0.1, 0.15) is 56.8 Å². The van der Waals surface area contributed by atoms with Crippen molar-refractivity contribution in [1.29, 1.82) is 0 Å². The van der Waals surface area contributed by atoms with Crippen LogP contribution in [0.4, 0.5) is 9.59 Å². The molecule has 0 spiro atoms. The normalized spacial score (nSPS) is 11.9. The first kappa shape index (κ1) is 94.2. The lowest BCUT2D eigenvalue weighted by molar-refractivity contribution is 0.0190. The monoisotopic (exact) mass is 1900 g/mol. The van der Waals surface area contributed by atoms with E-state index in [1.807, 2.05) is 166 Å². The average molecular weight is 1910 g/mol. The predicted octanol–water partition coefficient (Wildman–Crippen LogP) is 30.2. The summed E-state index contributed by atoms with van der Waals surface area (Å²) >= 11 is 19.3. The third kappa shape index (κ3) is 28.0. The Hall–Kier alpha value is -5.44. The first-order valence-corrected chi connectivity index (χ1v) is 44.6. The third-order valence-corrected chi connectivity index (χ3v) is 18.9. The van der Waals surface area contributed by atoms with Crippen molar-refractivity contribution in [1.82, 2.24) is 4.90 Å².